The number of nitrogens with zero attached hydrogens (tertiary/aromatic N) is 2. The lowest BCUT2D eigenvalue weighted by molar-refractivity contribution is -0.141. The molecule has 1 aliphatic heterocycles. The molecular weight excluding hydrogens is 346 g/mol. The summed E-state index contributed by atoms with van der Waals surface area (Å²) >= 11 is 5.92. The second kappa shape index (κ2) is 7.57. The second-order valence-electron chi connectivity index (χ2n) is 5.58. The second-order valence-corrected chi connectivity index (χ2v) is 6.01. The molecule has 0 spiro atoms. The molecule has 0 bridgehead atoms. The third-order valence-electron chi connectivity index (χ3n) is 3.92. The van der Waals surface area contributed by atoms with Gasteiger partial charge in [0.25, 0.3) is 0 Å². The number of ether oxygens (including phenoxy) is 1. The first-order valence-corrected chi connectivity index (χ1v) is 8.38. The molecule has 0 unspecified atom stereocenters. The minimum Gasteiger partial charge on any atom is -0.465 e. The Hall–Kier alpha value is -2.54. The Labute approximate surface area is 149 Å². The SMILES string of the molecule is CCOC(=O)CNC(=O)N1CCc2onc(-c3ccc(Cl)cc3)c2C1. The van der Waals surface area contributed by atoms with Gasteiger partial charge in [-0.25, -0.2) is 4.79 Å². The Morgan fingerprint density at radius 2 is 2.12 bits per heavy atom. The van der Waals surface area contributed by atoms with Crippen molar-refractivity contribution in [2.24, 2.45) is 0 Å². The Bertz CT molecular complexity index is 773. The first-order valence-electron chi connectivity index (χ1n) is 8.00. The van der Waals surface area contributed by atoms with Crippen LogP contribution in [0.4, 0.5) is 4.79 Å². The van der Waals surface area contributed by atoms with E-state index in [-0.39, 0.29) is 19.2 Å². The molecule has 0 radical (unpaired) electrons. The first kappa shape index (κ1) is 17.3. The molecule has 25 heavy (non-hydrogen) atoms. The van der Waals surface area contributed by atoms with Crippen molar-refractivity contribution in [1.29, 1.82) is 0 Å². The van der Waals surface area contributed by atoms with Crippen molar-refractivity contribution in [3.63, 3.8) is 0 Å². The molecule has 1 N–H and O–H groups in total. The lowest BCUT2D eigenvalue weighted by Gasteiger charge is -2.26. The molecule has 1 aliphatic rings. The van der Waals surface area contributed by atoms with E-state index in [0.717, 1.165) is 16.9 Å². The summed E-state index contributed by atoms with van der Waals surface area (Å²) < 4.78 is 10.2. The number of esters is 1. The number of aromatic nitrogens is 1. The Balaban J connectivity index is 1.70. The van der Waals surface area contributed by atoms with Crippen LogP contribution in [0, 0.1) is 0 Å². The minimum absolute atomic E-state index is 0.149. The van der Waals surface area contributed by atoms with E-state index in [0.29, 0.717) is 30.2 Å². The van der Waals surface area contributed by atoms with Crippen LogP contribution in [0.25, 0.3) is 11.3 Å². The van der Waals surface area contributed by atoms with Crippen molar-refractivity contribution in [2.75, 3.05) is 19.7 Å². The van der Waals surface area contributed by atoms with Crippen molar-refractivity contribution in [3.8, 4) is 11.3 Å². The van der Waals surface area contributed by atoms with E-state index >= 15 is 0 Å². The summed E-state index contributed by atoms with van der Waals surface area (Å²) in [5, 5.41) is 7.35. The highest BCUT2D eigenvalue weighted by Gasteiger charge is 2.27. The number of nitrogens with one attached hydrogen (secondary N) is 1. The van der Waals surface area contributed by atoms with Gasteiger partial charge in [-0.2, -0.15) is 0 Å². The van der Waals surface area contributed by atoms with Crippen molar-refractivity contribution in [1.82, 2.24) is 15.4 Å². The van der Waals surface area contributed by atoms with Gasteiger partial charge >= 0.3 is 12.0 Å². The number of carbonyl (C=O) groups excluding carboxylic acids is 2. The van der Waals surface area contributed by atoms with Crippen LogP contribution in [-0.4, -0.2) is 41.8 Å². The fourth-order valence-electron chi connectivity index (χ4n) is 2.69. The topological polar surface area (TPSA) is 84.7 Å². The maximum Gasteiger partial charge on any atom is 0.325 e. The van der Waals surface area contributed by atoms with Gasteiger partial charge in [-0.05, 0) is 19.1 Å². The number of urea groups is 1. The summed E-state index contributed by atoms with van der Waals surface area (Å²) in [5.74, 6) is 0.319. The van der Waals surface area contributed by atoms with Crippen molar-refractivity contribution in [3.05, 3.63) is 40.6 Å². The van der Waals surface area contributed by atoms with E-state index in [1.165, 1.54) is 0 Å². The number of rotatable bonds is 4. The van der Waals surface area contributed by atoms with Crippen molar-refractivity contribution < 1.29 is 18.8 Å². The van der Waals surface area contributed by atoms with Gasteiger partial charge in [-0.3, -0.25) is 4.79 Å². The number of carbonyl (C=O) groups is 2. The van der Waals surface area contributed by atoms with E-state index in [1.807, 2.05) is 12.1 Å². The minimum atomic E-state index is -0.458. The van der Waals surface area contributed by atoms with E-state index < -0.39 is 5.97 Å². The molecule has 2 heterocycles. The molecule has 2 aromatic rings. The zero-order valence-electron chi connectivity index (χ0n) is 13.8. The Kier molecular flexibility index (Phi) is 5.23. The van der Waals surface area contributed by atoms with Crippen LogP contribution < -0.4 is 5.32 Å². The average Bonchev–Trinajstić information content (AvgIpc) is 3.04. The van der Waals surface area contributed by atoms with Gasteiger partial charge in [0.15, 0.2) is 0 Å². The lowest BCUT2D eigenvalue weighted by atomic mass is 10.0. The highest BCUT2D eigenvalue weighted by molar-refractivity contribution is 6.30. The molecule has 1 aromatic heterocycles. The molecule has 8 heteroatoms. The standard InChI is InChI=1S/C17H18ClN3O4/c1-2-24-15(22)9-19-17(23)21-8-7-14-13(10-21)16(20-25-14)11-3-5-12(18)6-4-11/h3-6H,2,7-10H2,1H3,(H,19,23). The normalized spacial score (nSPS) is 13.3. The first-order chi connectivity index (χ1) is 12.1. The molecule has 0 fully saturated rings. The van der Waals surface area contributed by atoms with E-state index in [1.54, 1.807) is 24.0 Å². The van der Waals surface area contributed by atoms with Gasteiger partial charge in [0.05, 0.1) is 13.2 Å². The molecular formula is C17H18ClN3O4. The summed E-state index contributed by atoms with van der Waals surface area (Å²) in [7, 11) is 0. The number of fused-ring (bicyclic) bond motifs is 1. The molecule has 7 nitrogen and oxygen atoms in total. The predicted octanol–water partition coefficient (Wildman–Crippen LogP) is 2.63. The summed E-state index contributed by atoms with van der Waals surface area (Å²) in [6.45, 7) is 2.72. The third kappa shape index (κ3) is 3.93. The van der Waals surface area contributed by atoms with E-state index in [2.05, 4.69) is 10.5 Å². The van der Waals surface area contributed by atoms with Crippen molar-refractivity contribution >= 4 is 23.6 Å². The largest absolute Gasteiger partial charge is 0.465 e. The average molecular weight is 364 g/mol. The monoisotopic (exact) mass is 363 g/mol. The van der Waals surface area contributed by atoms with E-state index in [9.17, 15) is 9.59 Å². The van der Waals surface area contributed by atoms with Crippen LogP contribution in [-0.2, 0) is 22.5 Å². The molecule has 2 amide bonds. The fourth-order valence-corrected chi connectivity index (χ4v) is 2.81. The number of benzene rings is 1. The zero-order chi connectivity index (χ0) is 17.8. The van der Waals surface area contributed by atoms with Crippen LogP contribution in [0.15, 0.2) is 28.8 Å². The molecule has 0 atom stereocenters. The van der Waals surface area contributed by atoms with Crippen LogP contribution in [0.2, 0.25) is 5.02 Å². The summed E-state index contributed by atoms with van der Waals surface area (Å²) in [6.07, 6.45) is 0.572. The van der Waals surface area contributed by atoms with Gasteiger partial charge < -0.3 is 19.5 Å². The maximum atomic E-state index is 12.3. The smallest absolute Gasteiger partial charge is 0.325 e. The molecule has 132 valence electrons. The number of halogens is 1. The third-order valence-corrected chi connectivity index (χ3v) is 4.17. The Morgan fingerprint density at radius 1 is 1.36 bits per heavy atom. The van der Waals surface area contributed by atoms with Crippen LogP contribution >= 0.6 is 11.6 Å². The lowest BCUT2D eigenvalue weighted by Crippen LogP contribution is -2.44. The van der Waals surface area contributed by atoms with Gasteiger partial charge in [0.2, 0.25) is 0 Å². The quantitative estimate of drug-likeness (QED) is 0.844. The number of amides is 2. The van der Waals surface area contributed by atoms with Gasteiger partial charge in [0, 0.05) is 29.1 Å². The summed E-state index contributed by atoms with van der Waals surface area (Å²) in [4.78, 5) is 25.3. The number of hydrogen-bond acceptors (Lipinski definition) is 5. The molecule has 3 rings (SSSR count). The predicted molar refractivity (Wildman–Crippen MR) is 91.1 cm³/mol. The zero-order valence-corrected chi connectivity index (χ0v) is 14.5. The molecule has 0 saturated heterocycles. The summed E-state index contributed by atoms with van der Waals surface area (Å²) in [5.41, 5.74) is 2.46. The van der Waals surface area contributed by atoms with Gasteiger partial charge in [-0.15, -0.1) is 0 Å². The highest BCUT2D eigenvalue weighted by Crippen LogP contribution is 2.30. The molecule has 0 aliphatic carbocycles. The number of hydrogen-bond donors (Lipinski definition) is 1. The van der Waals surface area contributed by atoms with Gasteiger partial charge in [-0.1, -0.05) is 28.9 Å². The molecule has 0 saturated carbocycles. The maximum absolute atomic E-state index is 12.3. The van der Waals surface area contributed by atoms with Gasteiger partial charge in [0.1, 0.15) is 18.0 Å². The fraction of sp³-hybridized carbons (Fsp3) is 0.353. The van der Waals surface area contributed by atoms with Crippen LogP contribution in [0.5, 0.6) is 0 Å². The highest BCUT2D eigenvalue weighted by atomic mass is 35.5. The van der Waals surface area contributed by atoms with E-state index in [4.69, 9.17) is 20.9 Å². The summed E-state index contributed by atoms with van der Waals surface area (Å²) in [6, 6.07) is 6.97. The molecule has 1 aromatic carbocycles. The van der Waals surface area contributed by atoms with Crippen LogP contribution in [0.1, 0.15) is 18.2 Å². The van der Waals surface area contributed by atoms with Crippen LogP contribution in [0.3, 0.4) is 0 Å². The Morgan fingerprint density at radius 3 is 2.84 bits per heavy atom. The van der Waals surface area contributed by atoms with Crippen molar-refractivity contribution in [2.45, 2.75) is 19.9 Å².